The van der Waals surface area contributed by atoms with Crippen LogP contribution in [0.3, 0.4) is 0 Å². The molecule has 3 rings (SSSR count). The molecule has 37 heavy (non-hydrogen) atoms. The van der Waals surface area contributed by atoms with E-state index in [2.05, 4.69) is 20.7 Å². The number of nitrogens with zero attached hydrogens (tertiary/aromatic N) is 1. The maximum atomic E-state index is 14.2. The number of piperidine rings is 1. The van der Waals surface area contributed by atoms with Crippen molar-refractivity contribution in [3.05, 3.63) is 34.6 Å². The molecule has 3 amide bonds. The van der Waals surface area contributed by atoms with Gasteiger partial charge < -0.3 is 35.1 Å². The summed E-state index contributed by atoms with van der Waals surface area (Å²) in [6.45, 7) is 3.69. The second kappa shape index (κ2) is 15.3. The molecule has 4 atom stereocenters. The lowest BCUT2D eigenvalue weighted by Gasteiger charge is -2.37. The first-order chi connectivity index (χ1) is 17.9. The molecule has 208 valence electrons. The van der Waals surface area contributed by atoms with E-state index >= 15 is 0 Å². The number of halogens is 2. The van der Waals surface area contributed by atoms with Crippen molar-refractivity contribution in [2.45, 2.75) is 44.2 Å². The van der Waals surface area contributed by atoms with Crippen molar-refractivity contribution in [1.82, 2.24) is 20.9 Å². The molecule has 2 aliphatic heterocycles. The van der Waals surface area contributed by atoms with Gasteiger partial charge in [0.25, 0.3) is 0 Å². The summed E-state index contributed by atoms with van der Waals surface area (Å²) in [5.41, 5.74) is 0.611. The third-order valence-corrected chi connectivity index (χ3v) is 7.24. The number of amides is 3. The second-order valence-electron chi connectivity index (χ2n) is 9.75. The van der Waals surface area contributed by atoms with Gasteiger partial charge in [-0.05, 0) is 68.8 Å². The van der Waals surface area contributed by atoms with E-state index in [-0.39, 0.29) is 36.2 Å². The van der Waals surface area contributed by atoms with E-state index in [0.717, 1.165) is 45.3 Å². The van der Waals surface area contributed by atoms with Gasteiger partial charge in [0.15, 0.2) is 0 Å². The van der Waals surface area contributed by atoms with E-state index in [1.165, 1.54) is 19.2 Å². The fourth-order valence-corrected chi connectivity index (χ4v) is 5.35. The zero-order valence-electron chi connectivity index (χ0n) is 21.8. The molecule has 2 heterocycles. The van der Waals surface area contributed by atoms with Gasteiger partial charge in [-0.2, -0.15) is 0 Å². The monoisotopic (exact) mass is 542 g/mol. The van der Waals surface area contributed by atoms with Gasteiger partial charge in [0.2, 0.25) is 0 Å². The van der Waals surface area contributed by atoms with Crippen molar-refractivity contribution in [3.8, 4) is 0 Å². The Bertz CT molecular complexity index is 853. The largest absolute Gasteiger partial charge is 0.453 e. The number of methoxy groups -OCH3 is 1. The Morgan fingerprint density at radius 2 is 2.08 bits per heavy atom. The van der Waals surface area contributed by atoms with E-state index in [0.29, 0.717) is 31.1 Å². The van der Waals surface area contributed by atoms with Gasteiger partial charge in [-0.3, -0.25) is 0 Å². The summed E-state index contributed by atoms with van der Waals surface area (Å²) in [7, 11) is 3.21. The highest BCUT2D eigenvalue weighted by Crippen LogP contribution is 2.34. The lowest BCUT2D eigenvalue weighted by Crippen LogP contribution is -2.50. The van der Waals surface area contributed by atoms with Crippen molar-refractivity contribution in [3.63, 3.8) is 0 Å². The smallest absolute Gasteiger partial charge is 0.406 e. The average molecular weight is 543 g/mol. The number of hydrogen-bond acceptors (Lipinski definition) is 6. The predicted molar refractivity (Wildman–Crippen MR) is 139 cm³/mol. The first-order valence-electron chi connectivity index (χ1n) is 13.1. The number of benzene rings is 1. The van der Waals surface area contributed by atoms with E-state index in [1.54, 1.807) is 11.0 Å². The summed E-state index contributed by atoms with van der Waals surface area (Å²) in [5, 5.41) is 9.25. The summed E-state index contributed by atoms with van der Waals surface area (Å²) >= 11 is 6.13. The molecule has 1 aromatic carbocycles. The van der Waals surface area contributed by atoms with Crippen LogP contribution in [0.4, 0.5) is 14.0 Å². The van der Waals surface area contributed by atoms with Gasteiger partial charge in [-0.25, -0.2) is 14.0 Å². The van der Waals surface area contributed by atoms with Crippen LogP contribution in [0.25, 0.3) is 0 Å². The zero-order chi connectivity index (χ0) is 26.6. The third kappa shape index (κ3) is 9.59. The Morgan fingerprint density at radius 1 is 1.24 bits per heavy atom. The topological polar surface area (TPSA) is 101 Å². The van der Waals surface area contributed by atoms with Crippen LogP contribution >= 0.6 is 11.6 Å². The van der Waals surface area contributed by atoms with Crippen LogP contribution in [-0.2, 0) is 14.2 Å². The third-order valence-electron chi connectivity index (χ3n) is 7.02. The summed E-state index contributed by atoms with van der Waals surface area (Å²) in [6, 6.07) is 4.40. The Labute approximate surface area is 223 Å². The maximum Gasteiger partial charge on any atom is 0.406 e. The van der Waals surface area contributed by atoms with Crippen molar-refractivity contribution in [2.75, 3.05) is 60.2 Å². The quantitative estimate of drug-likeness (QED) is 0.368. The maximum absolute atomic E-state index is 14.2. The van der Waals surface area contributed by atoms with Crippen molar-refractivity contribution >= 4 is 23.7 Å². The van der Waals surface area contributed by atoms with Gasteiger partial charge in [0.05, 0.1) is 19.8 Å². The number of ether oxygens (including phenoxy) is 3. The highest BCUT2D eigenvalue weighted by atomic mass is 35.5. The molecule has 9 nitrogen and oxygen atoms in total. The first kappa shape index (κ1) is 29.4. The average Bonchev–Trinajstić information content (AvgIpc) is 2.90. The van der Waals surface area contributed by atoms with Crippen LogP contribution in [0.2, 0.25) is 5.02 Å². The predicted octanol–water partition coefficient (Wildman–Crippen LogP) is 3.72. The van der Waals surface area contributed by atoms with Crippen LogP contribution in [-0.4, -0.2) is 83.2 Å². The molecule has 2 saturated heterocycles. The van der Waals surface area contributed by atoms with Gasteiger partial charge in [0.1, 0.15) is 5.82 Å². The van der Waals surface area contributed by atoms with E-state index < -0.39 is 18.0 Å². The van der Waals surface area contributed by atoms with Gasteiger partial charge in [0, 0.05) is 56.4 Å². The normalized spacial score (nSPS) is 21.7. The molecule has 2 aliphatic rings. The number of hydrogen-bond donors (Lipinski definition) is 3. The molecular weight excluding hydrogens is 503 g/mol. The van der Waals surface area contributed by atoms with E-state index in [9.17, 15) is 14.0 Å². The number of likely N-dealkylation sites (N-methyl/N-ethyl adjacent to an activating group) is 1. The minimum absolute atomic E-state index is 0.0602. The molecule has 11 heteroatoms. The molecule has 3 N–H and O–H groups in total. The van der Waals surface area contributed by atoms with Crippen molar-refractivity contribution in [1.29, 1.82) is 0 Å². The molecule has 2 fully saturated rings. The Morgan fingerprint density at radius 3 is 2.78 bits per heavy atom. The number of urea groups is 1. The minimum atomic E-state index is -0.551. The molecule has 0 aromatic heterocycles. The van der Waals surface area contributed by atoms with Gasteiger partial charge in [-0.1, -0.05) is 11.6 Å². The number of rotatable bonds is 11. The van der Waals surface area contributed by atoms with E-state index in [4.69, 9.17) is 21.1 Å². The van der Waals surface area contributed by atoms with Crippen LogP contribution in [0.5, 0.6) is 0 Å². The van der Waals surface area contributed by atoms with Crippen LogP contribution in [0.15, 0.2) is 18.2 Å². The Hall–Kier alpha value is -2.14. The molecule has 1 aromatic rings. The Balaban J connectivity index is 1.59. The molecule has 0 spiro atoms. The fourth-order valence-electron chi connectivity index (χ4n) is 5.12. The summed E-state index contributed by atoms with van der Waals surface area (Å²) in [4.78, 5) is 26.2. The lowest BCUT2D eigenvalue weighted by molar-refractivity contribution is -0.00866. The Kier molecular flexibility index (Phi) is 12.2. The summed E-state index contributed by atoms with van der Waals surface area (Å²) < 4.78 is 30.5. The minimum Gasteiger partial charge on any atom is -0.453 e. The number of likely N-dealkylation sites (tertiary alicyclic amines) is 1. The molecule has 0 bridgehead atoms. The molecular formula is C26H40ClFN4O5. The highest BCUT2D eigenvalue weighted by molar-refractivity contribution is 6.30. The number of alkyl carbamates (subject to hydrolysis) is 1. The zero-order valence-corrected chi connectivity index (χ0v) is 22.5. The standard InChI is InChI=1S/C26H40ClFN4O5/c1-29-23(11-18-5-4-9-36-17-18)15-31-25(33)32-8-3-6-19(16-32)24(37-10-7-30-26(34)35-2)20-12-21(27)14-22(28)13-20/h12-14,18-19,23-24,29H,3-11,15-17H2,1-2H3,(H,30,34)(H,31,33)/t18-,19-,23+,24-/m1/s1. The van der Waals surface area contributed by atoms with Crippen LogP contribution < -0.4 is 16.0 Å². The second-order valence-corrected chi connectivity index (χ2v) is 10.2. The first-order valence-corrected chi connectivity index (χ1v) is 13.4. The SMILES string of the molecule is CN[C@H](CNC(=O)N1CCC[C@@H]([C@@H](OCCNC(=O)OC)c2cc(F)cc(Cl)c2)C1)C[C@H]1CCCOC1. The number of nitrogens with one attached hydrogen (secondary N) is 3. The van der Waals surface area contributed by atoms with E-state index in [1.807, 2.05) is 7.05 Å². The molecule has 0 radical (unpaired) electrons. The molecule has 0 unspecified atom stereocenters. The molecule has 0 aliphatic carbocycles. The summed E-state index contributed by atoms with van der Waals surface area (Å²) in [5.74, 6) is -0.00205. The number of carbonyl (C=O) groups is 2. The highest BCUT2D eigenvalue weighted by Gasteiger charge is 2.32. The van der Waals surface area contributed by atoms with Crippen LogP contribution in [0, 0.1) is 17.7 Å². The van der Waals surface area contributed by atoms with Gasteiger partial charge in [-0.15, -0.1) is 0 Å². The molecule has 0 saturated carbocycles. The van der Waals surface area contributed by atoms with Crippen molar-refractivity contribution < 1.29 is 28.2 Å². The van der Waals surface area contributed by atoms with Crippen molar-refractivity contribution in [2.24, 2.45) is 11.8 Å². The summed E-state index contributed by atoms with van der Waals surface area (Å²) in [6.07, 6.45) is 3.77. The fraction of sp³-hybridized carbons (Fsp3) is 0.692. The number of carbonyl (C=O) groups excluding carboxylic acids is 2. The van der Waals surface area contributed by atoms with Gasteiger partial charge >= 0.3 is 12.1 Å². The van der Waals surface area contributed by atoms with Crippen LogP contribution in [0.1, 0.15) is 43.8 Å². The lowest BCUT2D eigenvalue weighted by atomic mass is 9.88.